The number of H-pyrrole nitrogens is 2. The first-order valence-corrected chi connectivity index (χ1v) is 16.3. The van der Waals surface area contributed by atoms with Crippen LogP contribution in [-0.2, 0) is 11.2 Å². The molecule has 0 unspecified atom stereocenters. The number of halogens is 1. The highest BCUT2D eigenvalue weighted by Crippen LogP contribution is 2.35. The fraction of sp³-hybridized carbons (Fsp3) is 0.184. The number of pyridine rings is 3. The molecule has 49 heavy (non-hydrogen) atoms. The van der Waals surface area contributed by atoms with Gasteiger partial charge < -0.3 is 15.0 Å². The van der Waals surface area contributed by atoms with Gasteiger partial charge in [0.15, 0.2) is 0 Å². The van der Waals surface area contributed by atoms with Gasteiger partial charge in [-0.05, 0) is 67.9 Å². The van der Waals surface area contributed by atoms with Gasteiger partial charge in [-0.3, -0.25) is 29.7 Å². The monoisotopic (exact) mass is 652 g/mol. The zero-order chi connectivity index (χ0) is 33.2. The van der Waals surface area contributed by atoms with E-state index < -0.39 is 0 Å². The third-order valence-corrected chi connectivity index (χ3v) is 8.80. The number of nitrogens with one attached hydrogen (secondary N) is 3. The van der Waals surface area contributed by atoms with Gasteiger partial charge in [-0.1, -0.05) is 30.3 Å². The molecule has 1 fully saturated rings. The highest BCUT2D eigenvalue weighted by atomic mass is 19.1. The fourth-order valence-electron chi connectivity index (χ4n) is 6.41. The van der Waals surface area contributed by atoms with Crippen LogP contribution < -0.4 is 10.1 Å². The highest BCUT2D eigenvalue weighted by molar-refractivity contribution is 6.00. The Labute approximate surface area is 281 Å². The topological polar surface area (TPSA) is 125 Å². The molecule has 0 aliphatic carbocycles. The van der Waals surface area contributed by atoms with Gasteiger partial charge in [0, 0.05) is 52.4 Å². The van der Waals surface area contributed by atoms with Gasteiger partial charge in [-0.15, -0.1) is 0 Å². The van der Waals surface area contributed by atoms with E-state index >= 15 is 0 Å². The van der Waals surface area contributed by atoms with Crippen molar-refractivity contribution < 1.29 is 13.9 Å². The Hall–Kier alpha value is -5.94. The van der Waals surface area contributed by atoms with E-state index in [4.69, 9.17) is 4.74 Å². The van der Waals surface area contributed by atoms with Crippen LogP contribution in [0.5, 0.6) is 5.75 Å². The molecule has 1 aliphatic heterocycles. The summed E-state index contributed by atoms with van der Waals surface area (Å²) < 4.78 is 20.8. The molecule has 5 aromatic heterocycles. The van der Waals surface area contributed by atoms with E-state index in [0.29, 0.717) is 40.7 Å². The number of aromatic nitrogens is 6. The predicted molar refractivity (Wildman–Crippen MR) is 188 cm³/mol. The number of hydrogen-bond donors (Lipinski definition) is 3. The quantitative estimate of drug-likeness (QED) is 0.145. The molecule has 2 aromatic carbocycles. The number of rotatable bonds is 10. The Bertz CT molecular complexity index is 2280. The Morgan fingerprint density at radius 2 is 1.73 bits per heavy atom. The number of amides is 1. The summed E-state index contributed by atoms with van der Waals surface area (Å²) in [6.45, 7) is 3.49. The van der Waals surface area contributed by atoms with E-state index in [2.05, 4.69) is 40.3 Å². The highest BCUT2D eigenvalue weighted by Gasteiger charge is 2.17. The van der Waals surface area contributed by atoms with Crippen molar-refractivity contribution in [1.82, 2.24) is 35.0 Å². The molecular weight excluding hydrogens is 619 g/mol. The number of carbonyl (C=O) groups is 1. The van der Waals surface area contributed by atoms with E-state index in [0.717, 1.165) is 58.3 Å². The average Bonchev–Trinajstić information content (AvgIpc) is 3.88. The molecule has 0 spiro atoms. The minimum absolute atomic E-state index is 0.127. The van der Waals surface area contributed by atoms with E-state index in [1.165, 1.54) is 25.0 Å². The molecule has 0 atom stereocenters. The number of anilines is 1. The minimum atomic E-state index is -0.379. The minimum Gasteiger partial charge on any atom is -0.492 e. The molecule has 1 saturated heterocycles. The smallest absolute Gasteiger partial charge is 0.228 e. The summed E-state index contributed by atoms with van der Waals surface area (Å²) in [6.07, 6.45) is 9.47. The van der Waals surface area contributed by atoms with Crippen LogP contribution in [0.15, 0.2) is 97.6 Å². The van der Waals surface area contributed by atoms with Crippen LogP contribution in [0.4, 0.5) is 10.1 Å². The van der Waals surface area contributed by atoms with Crippen LogP contribution in [0.2, 0.25) is 0 Å². The molecule has 10 nitrogen and oxygen atoms in total. The van der Waals surface area contributed by atoms with E-state index in [-0.39, 0.29) is 18.1 Å². The van der Waals surface area contributed by atoms with Crippen molar-refractivity contribution in [3.8, 4) is 39.7 Å². The second-order valence-corrected chi connectivity index (χ2v) is 12.2. The summed E-state index contributed by atoms with van der Waals surface area (Å²) in [5.41, 5.74) is 7.29. The molecule has 0 radical (unpaired) electrons. The predicted octanol–water partition coefficient (Wildman–Crippen LogP) is 7.03. The third-order valence-electron chi connectivity index (χ3n) is 8.80. The maximum absolute atomic E-state index is 14.8. The summed E-state index contributed by atoms with van der Waals surface area (Å²) in [5, 5.41) is 12.3. The first-order chi connectivity index (χ1) is 24.1. The summed E-state index contributed by atoms with van der Waals surface area (Å²) in [5.74, 6) is -0.0230. The number of likely N-dealkylation sites (tertiary alicyclic amines) is 1. The van der Waals surface area contributed by atoms with Gasteiger partial charge >= 0.3 is 0 Å². The molecule has 0 saturated carbocycles. The van der Waals surface area contributed by atoms with Gasteiger partial charge in [0.05, 0.1) is 47.1 Å². The van der Waals surface area contributed by atoms with Gasteiger partial charge in [-0.2, -0.15) is 5.10 Å². The first-order valence-electron chi connectivity index (χ1n) is 16.3. The zero-order valence-corrected chi connectivity index (χ0v) is 26.6. The molecule has 0 bridgehead atoms. The molecule has 11 heteroatoms. The van der Waals surface area contributed by atoms with Crippen LogP contribution in [-0.4, -0.2) is 67.2 Å². The van der Waals surface area contributed by atoms with Crippen LogP contribution in [0.25, 0.3) is 55.7 Å². The van der Waals surface area contributed by atoms with Crippen molar-refractivity contribution in [1.29, 1.82) is 0 Å². The van der Waals surface area contributed by atoms with Gasteiger partial charge in [0.1, 0.15) is 23.9 Å². The maximum atomic E-state index is 14.8. The van der Waals surface area contributed by atoms with Crippen molar-refractivity contribution >= 4 is 33.4 Å². The van der Waals surface area contributed by atoms with Crippen molar-refractivity contribution in [2.75, 3.05) is 31.6 Å². The lowest BCUT2D eigenvalue weighted by molar-refractivity contribution is -0.115. The normalized spacial score (nSPS) is 13.3. The van der Waals surface area contributed by atoms with Crippen molar-refractivity contribution in [3.05, 3.63) is 109 Å². The average molecular weight is 653 g/mol. The molecule has 3 N–H and O–H groups in total. The molecule has 7 aromatic rings. The lowest BCUT2D eigenvalue weighted by Gasteiger charge is -2.15. The van der Waals surface area contributed by atoms with Crippen molar-refractivity contribution in [3.63, 3.8) is 0 Å². The molecule has 244 valence electrons. The van der Waals surface area contributed by atoms with Crippen LogP contribution in [0.3, 0.4) is 0 Å². The van der Waals surface area contributed by atoms with Gasteiger partial charge in [0.2, 0.25) is 5.91 Å². The van der Waals surface area contributed by atoms with E-state index in [1.807, 2.05) is 60.7 Å². The van der Waals surface area contributed by atoms with E-state index in [9.17, 15) is 9.18 Å². The third kappa shape index (κ3) is 6.61. The van der Waals surface area contributed by atoms with Gasteiger partial charge in [0.25, 0.3) is 0 Å². The molecule has 1 aliphatic rings. The first kappa shape index (κ1) is 30.4. The maximum Gasteiger partial charge on any atom is 0.228 e. The second-order valence-electron chi connectivity index (χ2n) is 12.2. The number of benzene rings is 2. The molecule has 6 heterocycles. The standard InChI is InChI=1S/C38H33FN8O2/c39-27-15-25(17-29(18-27)49-13-12-47-10-4-5-11-47)37-30-20-34(44-32(30)8-9-41-37)38-31-19-33(42-23-35(31)45-46-38)26-16-28(22-40-21-26)43-36(48)14-24-6-2-1-3-7-24/h1-3,6-9,15-23,44H,4-5,10-14H2,(H,43,48)(H,45,46). The van der Waals surface area contributed by atoms with E-state index in [1.54, 1.807) is 24.8 Å². The summed E-state index contributed by atoms with van der Waals surface area (Å²) in [4.78, 5) is 32.1. The number of fused-ring (bicyclic) bond motifs is 2. The Morgan fingerprint density at radius 1 is 0.878 bits per heavy atom. The SMILES string of the molecule is O=C(Cc1ccccc1)Nc1cncc(-c2cc3c(-c4cc5c(-c6cc(F)cc(OCCN7CCCC7)c6)nccc5[nH]4)n[nH]c3cn2)c1. The largest absolute Gasteiger partial charge is 0.492 e. The Morgan fingerprint density at radius 3 is 2.61 bits per heavy atom. The molecular formula is C38H33FN8O2. The van der Waals surface area contributed by atoms with Crippen LogP contribution in [0, 0.1) is 5.82 Å². The zero-order valence-electron chi connectivity index (χ0n) is 26.6. The van der Waals surface area contributed by atoms with Crippen molar-refractivity contribution in [2.45, 2.75) is 19.3 Å². The summed E-state index contributed by atoms with van der Waals surface area (Å²) in [7, 11) is 0. The second kappa shape index (κ2) is 13.3. The molecule has 1 amide bonds. The summed E-state index contributed by atoms with van der Waals surface area (Å²) in [6, 6.07) is 22.0. The lowest BCUT2D eigenvalue weighted by atomic mass is 10.1. The number of hydrogen-bond acceptors (Lipinski definition) is 7. The number of aromatic amines is 2. The molecule has 8 rings (SSSR count). The van der Waals surface area contributed by atoms with Crippen LogP contribution >= 0.6 is 0 Å². The number of nitrogens with zero attached hydrogens (tertiary/aromatic N) is 5. The number of ether oxygens (including phenoxy) is 1. The Kier molecular flexibility index (Phi) is 8.24. The van der Waals surface area contributed by atoms with Gasteiger partial charge in [-0.25, -0.2) is 4.39 Å². The fourth-order valence-corrected chi connectivity index (χ4v) is 6.41. The summed E-state index contributed by atoms with van der Waals surface area (Å²) >= 11 is 0. The van der Waals surface area contributed by atoms with Crippen molar-refractivity contribution in [2.24, 2.45) is 0 Å². The Balaban J connectivity index is 1.06. The lowest BCUT2D eigenvalue weighted by Crippen LogP contribution is -2.25. The van der Waals surface area contributed by atoms with Crippen LogP contribution in [0.1, 0.15) is 18.4 Å². The number of carbonyl (C=O) groups excluding carboxylic acids is 1.